The van der Waals surface area contributed by atoms with E-state index in [1.807, 2.05) is 0 Å². The topological polar surface area (TPSA) is 835 Å². The number of hydrogen-bond donors (Lipinski definition) is 27. The average Bonchev–Trinajstić information content (AvgIpc) is 1.65. The Kier molecular flexibility index (Phi) is 53.7. The van der Waals surface area contributed by atoms with E-state index in [1.165, 1.54) is 13.8 Å². The number of aliphatic imine (C=N–C) groups is 4. The summed E-state index contributed by atoms with van der Waals surface area (Å²) in [6.07, 6.45) is 0.301. The van der Waals surface area contributed by atoms with Crippen molar-refractivity contribution in [1.82, 2.24) is 74.0 Å². The van der Waals surface area contributed by atoms with Gasteiger partial charge in [0, 0.05) is 32.7 Å². The van der Waals surface area contributed by atoms with Gasteiger partial charge in [0.25, 0.3) is 0 Å². The normalized spacial score (nSPS) is 15.7. The van der Waals surface area contributed by atoms with Crippen LogP contribution in [-0.2, 0) is 76.7 Å². The van der Waals surface area contributed by atoms with Crippen LogP contribution in [0.15, 0.2) is 20.0 Å². The second-order valence-electron chi connectivity index (χ2n) is 33.0. The van der Waals surface area contributed by atoms with E-state index >= 15 is 4.79 Å². The maximum atomic E-state index is 15.0. The van der Waals surface area contributed by atoms with Crippen LogP contribution in [0.3, 0.4) is 0 Å². The van der Waals surface area contributed by atoms with Crippen LogP contribution in [-0.4, -0.2) is 277 Å². The maximum Gasteiger partial charge on any atom is 0.326 e. The smallest absolute Gasteiger partial charge is 0.326 e. The minimum absolute atomic E-state index is 0.00875. The first-order valence-corrected chi connectivity index (χ1v) is 42.9. The number of carboxylic acids is 1. The quantitative estimate of drug-likeness (QED) is 0.0153. The molecule has 0 radical (unpaired) electrons. The highest BCUT2D eigenvalue weighted by molar-refractivity contribution is 6.01. The molecule has 1 heterocycles. The number of likely N-dealkylation sites (tertiary alicyclic amines) is 1. The molecule has 126 heavy (non-hydrogen) atoms. The summed E-state index contributed by atoms with van der Waals surface area (Å²) in [5, 5.41) is 53.2. The number of carbonyl (C=O) groups is 16. The molecule has 0 aromatic heterocycles. The Labute approximate surface area is 736 Å². The minimum atomic E-state index is -1.57. The Morgan fingerprint density at radius 2 is 0.603 bits per heavy atom. The molecule has 0 unspecified atom stereocenters. The van der Waals surface area contributed by atoms with E-state index in [4.69, 9.17) is 68.8 Å². The summed E-state index contributed by atoms with van der Waals surface area (Å²) in [4.78, 5) is 241. The van der Waals surface area contributed by atoms with Crippen molar-refractivity contribution in [1.29, 1.82) is 0 Å². The van der Waals surface area contributed by atoms with Gasteiger partial charge in [0.15, 0.2) is 23.8 Å². The molecule has 1 aliphatic rings. The monoisotopic (exact) mass is 1790 g/mol. The molecule has 0 bridgehead atoms. The molecule has 1 fully saturated rings. The van der Waals surface area contributed by atoms with E-state index in [0.29, 0.717) is 19.3 Å². The molecule has 716 valence electrons. The molecule has 48 nitrogen and oxygen atoms in total. The lowest BCUT2D eigenvalue weighted by molar-refractivity contribution is -0.143. The van der Waals surface area contributed by atoms with Crippen molar-refractivity contribution < 1.29 is 86.9 Å². The van der Waals surface area contributed by atoms with Gasteiger partial charge in [-0.15, -0.1) is 0 Å². The van der Waals surface area contributed by atoms with Crippen molar-refractivity contribution in [3.63, 3.8) is 0 Å². The van der Waals surface area contributed by atoms with Crippen LogP contribution < -0.4 is 138 Å². The van der Waals surface area contributed by atoms with Crippen molar-refractivity contribution in [2.75, 3.05) is 52.4 Å². The highest BCUT2D eigenvalue weighted by Crippen LogP contribution is 2.22. The van der Waals surface area contributed by atoms with Crippen molar-refractivity contribution in [2.45, 2.75) is 295 Å². The Balaban J connectivity index is 3.90. The highest BCUT2D eigenvalue weighted by atomic mass is 16.4. The number of aliphatic hydroxyl groups excluding tert-OH is 1. The summed E-state index contributed by atoms with van der Waals surface area (Å²) in [5.41, 5.74) is 67.7. The second-order valence-corrected chi connectivity index (χ2v) is 33.0. The van der Waals surface area contributed by atoms with E-state index in [0.717, 1.165) is 4.90 Å². The second kappa shape index (κ2) is 60.1. The zero-order chi connectivity index (χ0) is 95.6. The van der Waals surface area contributed by atoms with Gasteiger partial charge in [-0.05, 0) is 179 Å². The number of hydrogen-bond acceptors (Lipinski definition) is 24. The van der Waals surface area contributed by atoms with Crippen LogP contribution in [0.25, 0.3) is 0 Å². The van der Waals surface area contributed by atoms with Gasteiger partial charge < -0.3 is 153 Å². The number of rotatable bonds is 63. The number of guanidine groups is 4. The van der Waals surface area contributed by atoms with Crippen molar-refractivity contribution in [3.8, 4) is 0 Å². The van der Waals surface area contributed by atoms with Gasteiger partial charge in [0.05, 0.1) is 13.0 Å². The van der Waals surface area contributed by atoms with Crippen LogP contribution in [0.1, 0.15) is 204 Å². The first-order valence-electron chi connectivity index (χ1n) is 42.9. The SMILES string of the molecule is CC(C)C[C@H](NC(=O)[C@H](C)NC(=O)[C@H](CCCN=C(N)N)NC(=O)[C@H](C)NC(=O)[C@H](CCCCN)NC(=O)[C@H](CCCN=C(N)N)NC(=O)[C@H](CCCN=C(N)N)NC(=O)[C@H](CCCN=C(N)N)NC(=O)[C@H](CCCCN)NC(=O)[C@H](CC(C)C)NC(=O)[C@H](CC(C)C)NC(=O)[C@H](CC(C)C)NC(=O)[C@@H]1CCCN1C(=O)[C@H](CC(N)=O)NC(=O)[C@@H](N)CO)C(=O)O. The Morgan fingerprint density at radius 3 is 0.889 bits per heavy atom. The van der Waals surface area contributed by atoms with E-state index in [-0.39, 0.29) is 202 Å². The number of nitrogens with zero attached hydrogens (tertiary/aromatic N) is 5. The molecule has 48 heteroatoms. The number of aliphatic carboxylic acids is 1. The first-order chi connectivity index (χ1) is 59.2. The van der Waals surface area contributed by atoms with Crippen LogP contribution in [0.2, 0.25) is 0 Å². The number of primary amides is 1. The van der Waals surface area contributed by atoms with E-state index in [2.05, 4.69) is 89.1 Å². The van der Waals surface area contributed by atoms with E-state index < -0.39 is 198 Å². The third kappa shape index (κ3) is 45.9. The lowest BCUT2D eigenvalue weighted by Crippen LogP contribution is -2.61. The van der Waals surface area contributed by atoms with Gasteiger partial charge in [-0.2, -0.15) is 0 Å². The van der Waals surface area contributed by atoms with Gasteiger partial charge in [0.2, 0.25) is 88.6 Å². The Bertz CT molecular complexity index is 3660. The summed E-state index contributed by atoms with van der Waals surface area (Å²) in [5.74, 6) is -16.7. The molecule has 0 spiro atoms. The molecule has 39 N–H and O–H groups in total. The molecule has 1 aliphatic heterocycles. The molecule has 0 saturated carbocycles. The van der Waals surface area contributed by atoms with Crippen molar-refractivity contribution in [2.24, 2.45) is 112 Å². The third-order valence-corrected chi connectivity index (χ3v) is 19.7. The fraction of sp³-hybridized carbons (Fsp3) is 0.744. The van der Waals surface area contributed by atoms with Crippen LogP contribution >= 0.6 is 0 Å². The number of carboxylic acid groups (broad SMARTS) is 1. The number of carbonyl (C=O) groups excluding carboxylic acids is 15. The molecule has 1 saturated heterocycles. The molecule has 0 aromatic rings. The van der Waals surface area contributed by atoms with E-state index in [9.17, 15) is 82.1 Å². The number of amides is 15. The van der Waals surface area contributed by atoms with Crippen LogP contribution in [0, 0.1) is 23.7 Å². The third-order valence-electron chi connectivity index (χ3n) is 19.7. The first kappa shape index (κ1) is 112. The molecule has 0 aliphatic carbocycles. The predicted octanol–water partition coefficient (Wildman–Crippen LogP) is -8.74. The number of nitrogens with two attached hydrogens (primary N) is 12. The van der Waals surface area contributed by atoms with Gasteiger partial charge in [-0.3, -0.25) is 91.9 Å². The average molecular weight is 1790 g/mol. The molecule has 15 atom stereocenters. The van der Waals surface area contributed by atoms with Crippen LogP contribution in [0.4, 0.5) is 0 Å². The number of aliphatic hydroxyl groups is 1. The molecular formula is C78H146N30O18. The highest BCUT2D eigenvalue weighted by Gasteiger charge is 2.42. The lowest BCUT2D eigenvalue weighted by atomic mass is 9.98. The van der Waals surface area contributed by atoms with Crippen molar-refractivity contribution in [3.05, 3.63) is 0 Å². The van der Waals surface area contributed by atoms with Gasteiger partial charge in [0.1, 0.15) is 90.6 Å². The van der Waals surface area contributed by atoms with Crippen LogP contribution in [0.5, 0.6) is 0 Å². The largest absolute Gasteiger partial charge is 0.480 e. The summed E-state index contributed by atoms with van der Waals surface area (Å²) >= 11 is 0. The Morgan fingerprint density at radius 1 is 0.341 bits per heavy atom. The number of unbranched alkanes of at least 4 members (excludes halogenated alkanes) is 2. The van der Waals surface area contributed by atoms with Crippen molar-refractivity contribution >= 4 is 118 Å². The summed E-state index contributed by atoms with van der Waals surface area (Å²) in [7, 11) is 0. The molecule has 1 rings (SSSR count). The summed E-state index contributed by atoms with van der Waals surface area (Å²) in [6.45, 7) is 16.1. The lowest BCUT2D eigenvalue weighted by Gasteiger charge is -2.31. The van der Waals surface area contributed by atoms with Gasteiger partial charge in [-0.1, -0.05) is 55.4 Å². The molecule has 0 aromatic carbocycles. The summed E-state index contributed by atoms with van der Waals surface area (Å²) in [6, 6.07) is -21.2. The molecule has 15 amide bonds. The van der Waals surface area contributed by atoms with E-state index in [1.54, 1.807) is 55.4 Å². The minimum Gasteiger partial charge on any atom is -0.480 e. The molecular weight excluding hydrogens is 1650 g/mol. The standard InChI is InChI=1S/C78H146N30O18/c1-40(2)34-53(103-70(121)54(35-41(3)4)104-71(122)55(36-42(5)6)105-72(123)58-26-19-33-108(58)73(124)56(38-59(82)110)106-62(113)46(81)39-109)69(120)102-48(21-12-14-28-80)65(116)99-51(24-17-31-93-77(87)88)67(118)101-52(25-18-32-94-78(89)90)68(119)100-50(23-16-30-92-76(85)86)66(117)98-47(20-11-13-27-79)63(114)95-44(9)60(111)97-49(22-15-29-91-75(83)84)64(115)96-45(10)61(112)107-57(74(125)126)37-43(7)8/h40-58,109H,11-39,79-81H2,1-10H3,(H2,82,110)(H,95,114)(H,96,115)(H,97,111)(H,98,117)(H,99,116)(H,100,119)(H,101,118)(H,102,120)(H,103,121)(H,104,122)(H,105,123)(H,106,113)(H,107,112)(H,125,126)(H4,83,84,91)(H4,85,86,92)(H4,87,88,93)(H4,89,90,94)/t44-,45-,46-,47-,48-,49-,50-,51-,52-,53-,54-,55-,56-,57-,58-/m0/s1. The number of nitrogens with one attached hydrogen (secondary N) is 13. The Hall–Kier alpha value is -11.6. The fourth-order valence-corrected chi connectivity index (χ4v) is 13.2. The fourth-order valence-electron chi connectivity index (χ4n) is 13.2. The summed E-state index contributed by atoms with van der Waals surface area (Å²) < 4.78 is 0. The van der Waals surface area contributed by atoms with Gasteiger partial charge >= 0.3 is 5.97 Å². The zero-order valence-corrected chi connectivity index (χ0v) is 74.6. The zero-order valence-electron chi connectivity index (χ0n) is 74.6. The predicted molar refractivity (Wildman–Crippen MR) is 471 cm³/mol. The maximum absolute atomic E-state index is 15.0. The van der Waals surface area contributed by atoms with Gasteiger partial charge in [-0.25, -0.2) is 4.79 Å².